The lowest BCUT2D eigenvalue weighted by atomic mass is 10.1. The van der Waals surface area contributed by atoms with Crippen LogP contribution in [0.1, 0.15) is 24.3 Å². The zero-order chi connectivity index (χ0) is 10.5. The molecule has 0 unspecified atom stereocenters. The number of rotatable bonds is 2. The van der Waals surface area contributed by atoms with Crippen molar-refractivity contribution in [3.05, 3.63) is 29.7 Å². The molecule has 1 aromatic heterocycles. The Balaban J connectivity index is 2.19. The minimum atomic E-state index is 0.0471. The van der Waals surface area contributed by atoms with Crippen LogP contribution < -0.4 is 5.73 Å². The molecule has 0 atom stereocenters. The lowest BCUT2D eigenvalue weighted by molar-refractivity contribution is 0.461. The van der Waals surface area contributed by atoms with E-state index in [1.807, 2.05) is 25.1 Å². The molecule has 2 N–H and O–H groups in total. The molecule has 1 heterocycles. The summed E-state index contributed by atoms with van der Waals surface area (Å²) in [6, 6.07) is 6.03. The number of para-hydroxylation sites is 1. The lowest BCUT2D eigenvalue weighted by Gasteiger charge is -2.04. The van der Waals surface area contributed by atoms with E-state index in [-0.39, 0.29) is 5.41 Å². The predicted octanol–water partition coefficient (Wildman–Crippen LogP) is 2.13. The van der Waals surface area contributed by atoms with E-state index in [1.165, 1.54) is 0 Å². The topological polar surface area (TPSA) is 52.0 Å². The monoisotopic (exact) mass is 202 g/mol. The minimum Gasteiger partial charge on any atom is -0.440 e. The molecule has 1 aromatic carbocycles. The third kappa shape index (κ3) is 1.20. The molecule has 78 valence electrons. The lowest BCUT2D eigenvalue weighted by Crippen LogP contribution is -2.19. The van der Waals surface area contributed by atoms with Gasteiger partial charge in [0.2, 0.25) is 5.89 Å². The Labute approximate surface area is 88.3 Å². The molecule has 3 nitrogen and oxygen atoms in total. The van der Waals surface area contributed by atoms with E-state index in [4.69, 9.17) is 10.2 Å². The number of hydrogen-bond donors (Lipinski definition) is 1. The van der Waals surface area contributed by atoms with Crippen molar-refractivity contribution in [2.24, 2.45) is 5.73 Å². The maximum Gasteiger partial charge on any atom is 0.202 e. The highest BCUT2D eigenvalue weighted by molar-refractivity contribution is 5.76. The summed E-state index contributed by atoms with van der Waals surface area (Å²) in [5.41, 5.74) is 8.80. The molecule has 3 rings (SSSR count). The molecule has 15 heavy (non-hydrogen) atoms. The molecular formula is C12H14N2O. The van der Waals surface area contributed by atoms with E-state index in [1.54, 1.807) is 0 Å². The number of benzene rings is 1. The second kappa shape index (κ2) is 2.83. The molecule has 0 radical (unpaired) electrons. The maximum atomic E-state index is 5.83. The van der Waals surface area contributed by atoms with Gasteiger partial charge in [-0.2, -0.15) is 0 Å². The third-order valence-corrected chi connectivity index (χ3v) is 3.31. The SMILES string of the molecule is Cc1cccc2nc(C3(CN)CC3)oc12. The van der Waals surface area contributed by atoms with Crippen LogP contribution in [-0.2, 0) is 5.41 Å². The van der Waals surface area contributed by atoms with Crippen molar-refractivity contribution in [2.75, 3.05) is 6.54 Å². The average molecular weight is 202 g/mol. The van der Waals surface area contributed by atoms with Crippen molar-refractivity contribution in [2.45, 2.75) is 25.2 Å². The van der Waals surface area contributed by atoms with Gasteiger partial charge in [-0.1, -0.05) is 12.1 Å². The average Bonchev–Trinajstić information content (AvgIpc) is 2.92. The molecule has 0 amide bonds. The zero-order valence-electron chi connectivity index (χ0n) is 8.79. The van der Waals surface area contributed by atoms with Crippen LogP contribution in [0.5, 0.6) is 0 Å². The fourth-order valence-corrected chi connectivity index (χ4v) is 1.97. The highest BCUT2D eigenvalue weighted by Gasteiger charge is 2.47. The molecule has 2 aromatic rings. The van der Waals surface area contributed by atoms with E-state index in [0.29, 0.717) is 6.54 Å². The van der Waals surface area contributed by atoms with Crippen molar-refractivity contribution in [1.82, 2.24) is 4.98 Å². The summed E-state index contributed by atoms with van der Waals surface area (Å²) < 4.78 is 5.83. The summed E-state index contributed by atoms with van der Waals surface area (Å²) in [5, 5.41) is 0. The van der Waals surface area contributed by atoms with Crippen LogP contribution >= 0.6 is 0 Å². The van der Waals surface area contributed by atoms with Gasteiger partial charge in [0.05, 0.1) is 5.41 Å². The molecule has 1 saturated carbocycles. The van der Waals surface area contributed by atoms with Crippen molar-refractivity contribution < 1.29 is 4.42 Å². The number of aromatic nitrogens is 1. The van der Waals surface area contributed by atoms with Gasteiger partial charge in [-0.15, -0.1) is 0 Å². The van der Waals surface area contributed by atoms with E-state index < -0.39 is 0 Å². The Bertz CT molecular complexity index is 511. The molecule has 0 aliphatic heterocycles. The van der Waals surface area contributed by atoms with Crippen LogP contribution in [0.25, 0.3) is 11.1 Å². The molecule has 1 aliphatic rings. The summed E-state index contributed by atoms with van der Waals surface area (Å²) >= 11 is 0. The predicted molar refractivity (Wildman–Crippen MR) is 58.7 cm³/mol. The summed E-state index contributed by atoms with van der Waals surface area (Å²) in [5.74, 6) is 0.828. The first-order chi connectivity index (χ1) is 7.25. The summed E-state index contributed by atoms with van der Waals surface area (Å²) in [7, 11) is 0. The minimum absolute atomic E-state index is 0.0471. The van der Waals surface area contributed by atoms with Crippen LogP contribution in [0.3, 0.4) is 0 Å². The molecular weight excluding hydrogens is 188 g/mol. The van der Waals surface area contributed by atoms with Crippen molar-refractivity contribution >= 4 is 11.1 Å². The van der Waals surface area contributed by atoms with Gasteiger partial charge in [0.1, 0.15) is 5.52 Å². The van der Waals surface area contributed by atoms with E-state index in [2.05, 4.69) is 4.98 Å². The Morgan fingerprint density at radius 3 is 2.87 bits per heavy atom. The van der Waals surface area contributed by atoms with Gasteiger partial charge >= 0.3 is 0 Å². The van der Waals surface area contributed by atoms with Crippen LogP contribution in [-0.4, -0.2) is 11.5 Å². The Morgan fingerprint density at radius 1 is 1.47 bits per heavy atom. The first kappa shape index (κ1) is 8.92. The van der Waals surface area contributed by atoms with E-state index in [9.17, 15) is 0 Å². The second-order valence-electron chi connectivity index (χ2n) is 4.43. The number of nitrogens with two attached hydrogens (primary N) is 1. The summed E-state index contributed by atoms with van der Waals surface area (Å²) in [6.07, 6.45) is 2.21. The fourth-order valence-electron chi connectivity index (χ4n) is 1.97. The summed E-state index contributed by atoms with van der Waals surface area (Å²) in [4.78, 5) is 4.53. The van der Waals surface area contributed by atoms with Crippen LogP contribution in [0, 0.1) is 6.92 Å². The molecule has 1 fully saturated rings. The first-order valence-corrected chi connectivity index (χ1v) is 5.32. The number of oxazole rings is 1. The molecule has 0 bridgehead atoms. The van der Waals surface area contributed by atoms with Crippen LogP contribution in [0.2, 0.25) is 0 Å². The maximum absolute atomic E-state index is 5.83. The molecule has 0 spiro atoms. The van der Waals surface area contributed by atoms with E-state index >= 15 is 0 Å². The van der Waals surface area contributed by atoms with Gasteiger partial charge in [0.25, 0.3) is 0 Å². The normalized spacial score (nSPS) is 18.3. The van der Waals surface area contributed by atoms with Gasteiger partial charge < -0.3 is 10.2 Å². The van der Waals surface area contributed by atoms with Crippen molar-refractivity contribution in [3.8, 4) is 0 Å². The number of hydrogen-bond acceptors (Lipinski definition) is 3. The van der Waals surface area contributed by atoms with Gasteiger partial charge in [-0.25, -0.2) is 4.98 Å². The first-order valence-electron chi connectivity index (χ1n) is 5.32. The Hall–Kier alpha value is -1.35. The Kier molecular flexibility index (Phi) is 1.68. The fraction of sp³-hybridized carbons (Fsp3) is 0.417. The van der Waals surface area contributed by atoms with Gasteiger partial charge in [-0.3, -0.25) is 0 Å². The highest BCUT2D eigenvalue weighted by atomic mass is 16.4. The summed E-state index contributed by atoms with van der Waals surface area (Å²) in [6.45, 7) is 2.68. The van der Waals surface area contributed by atoms with Gasteiger partial charge in [0, 0.05) is 6.54 Å². The van der Waals surface area contributed by atoms with Crippen LogP contribution in [0.15, 0.2) is 22.6 Å². The van der Waals surface area contributed by atoms with E-state index in [0.717, 1.165) is 35.4 Å². The quantitative estimate of drug-likeness (QED) is 0.811. The van der Waals surface area contributed by atoms with Crippen molar-refractivity contribution in [1.29, 1.82) is 0 Å². The highest BCUT2D eigenvalue weighted by Crippen LogP contribution is 2.47. The second-order valence-corrected chi connectivity index (χ2v) is 4.43. The number of aryl methyl sites for hydroxylation is 1. The zero-order valence-corrected chi connectivity index (χ0v) is 8.79. The molecule has 0 saturated heterocycles. The third-order valence-electron chi connectivity index (χ3n) is 3.31. The Morgan fingerprint density at radius 2 is 2.27 bits per heavy atom. The van der Waals surface area contributed by atoms with Gasteiger partial charge in [-0.05, 0) is 31.4 Å². The van der Waals surface area contributed by atoms with Crippen LogP contribution in [0.4, 0.5) is 0 Å². The smallest absolute Gasteiger partial charge is 0.202 e. The molecule has 3 heteroatoms. The van der Waals surface area contributed by atoms with Gasteiger partial charge in [0.15, 0.2) is 5.58 Å². The number of nitrogens with zero attached hydrogens (tertiary/aromatic N) is 1. The van der Waals surface area contributed by atoms with Crippen molar-refractivity contribution in [3.63, 3.8) is 0 Å². The largest absolute Gasteiger partial charge is 0.440 e. The number of fused-ring (bicyclic) bond motifs is 1. The molecule has 1 aliphatic carbocycles. The standard InChI is InChI=1S/C12H14N2O/c1-8-3-2-4-9-10(8)15-11(14-9)12(7-13)5-6-12/h2-4H,5-7,13H2,1H3.